The Labute approximate surface area is 455 Å². The Kier molecular flexibility index (Phi) is 12.5. The average molecular weight is 1050 g/mol. The second-order valence-corrected chi connectivity index (χ2v) is 23.6. The van der Waals surface area contributed by atoms with Crippen LogP contribution in [0.25, 0.3) is 89.7 Å². The lowest BCUT2D eigenvalue weighted by molar-refractivity contribution is 0.0854. The molecule has 0 spiro atoms. The summed E-state index contributed by atoms with van der Waals surface area (Å²) in [5.74, 6) is 4.58. The van der Waals surface area contributed by atoms with E-state index in [4.69, 9.17) is 58.3 Å². The van der Waals surface area contributed by atoms with Crippen LogP contribution in [0.15, 0.2) is 60.7 Å². The molecule has 0 saturated carbocycles. The molecule has 0 saturated heterocycles. The maximum Gasteiger partial charge on any atom is 0.168 e. The van der Waals surface area contributed by atoms with E-state index in [0.29, 0.717) is 95.3 Å². The van der Waals surface area contributed by atoms with Crippen molar-refractivity contribution < 1.29 is 28.4 Å². The fourth-order valence-corrected chi connectivity index (χ4v) is 11.7. The molecule has 78 heavy (non-hydrogen) atoms. The summed E-state index contributed by atoms with van der Waals surface area (Å²) in [6.45, 7) is 24.1. The van der Waals surface area contributed by atoms with E-state index in [9.17, 15) is 0 Å². The van der Waals surface area contributed by atoms with Crippen molar-refractivity contribution >= 4 is 44.1 Å². The van der Waals surface area contributed by atoms with Gasteiger partial charge < -0.3 is 38.4 Å². The summed E-state index contributed by atoms with van der Waals surface area (Å²) in [5, 5.41) is 3.51. The van der Waals surface area contributed by atoms with Gasteiger partial charge in [0, 0.05) is 43.8 Å². The molecule has 0 aliphatic carbocycles. The largest absolute Gasteiger partial charge is 0.492 e. The molecule has 0 radical (unpaired) electrons. The van der Waals surface area contributed by atoms with Gasteiger partial charge in [-0.3, -0.25) is 0 Å². The lowest BCUT2D eigenvalue weighted by atomic mass is 9.86. The van der Waals surface area contributed by atoms with Crippen LogP contribution >= 0.6 is 0 Å². The van der Waals surface area contributed by atoms with Gasteiger partial charge in [0.15, 0.2) is 23.3 Å². The summed E-state index contributed by atoms with van der Waals surface area (Å²) in [7, 11) is 0. The van der Waals surface area contributed by atoms with E-state index in [1.807, 2.05) is 0 Å². The second-order valence-electron chi connectivity index (χ2n) is 23.6. The number of hydrogen-bond donors (Lipinski definition) is 2. The molecule has 13 rings (SSSR count). The molecule has 0 unspecified atom stereocenters. The highest BCUT2D eigenvalue weighted by molar-refractivity contribution is 6.08. The number of aromatic nitrogens is 8. The molecule has 2 N–H and O–H groups in total. The zero-order valence-electron chi connectivity index (χ0n) is 46.7. The van der Waals surface area contributed by atoms with Gasteiger partial charge in [-0.05, 0) is 59.8 Å². The Hall–Kier alpha value is -7.16. The highest BCUT2D eigenvalue weighted by Crippen LogP contribution is 2.62. The average Bonchev–Trinajstić information content (AvgIpc) is 4.33. The highest BCUT2D eigenvalue weighted by Gasteiger charge is 2.47. The van der Waals surface area contributed by atoms with E-state index < -0.39 is 0 Å². The number of unbranched alkanes of at least 4 members (excludes halogenated alkanes) is 4. The molecule has 4 aromatic carbocycles. The fraction of sp³-hybridized carbons (Fsp3) is 0.438. The van der Waals surface area contributed by atoms with E-state index in [1.165, 1.54) is 0 Å². The van der Waals surface area contributed by atoms with Gasteiger partial charge in [-0.2, -0.15) is 0 Å². The van der Waals surface area contributed by atoms with Crippen molar-refractivity contribution in [2.45, 2.75) is 156 Å². The van der Waals surface area contributed by atoms with Crippen LogP contribution in [-0.2, 0) is 20.3 Å². The van der Waals surface area contributed by atoms with Gasteiger partial charge in [-0.1, -0.05) is 143 Å². The molecule has 9 heterocycles. The minimum atomic E-state index is -0.313. The SMILES string of the molecule is CCCCOc1c2c(c(OCCCC)c3c1[C@@H]1C=C[C@H]3O1)-c1nc-2nc2[nH]c(nc3nc(nc4[nH]c(n1)c1cc(C(C)(C)C)ccc41)-c1c(OCCCC)c4c(c(OCCCC)c1-3)[C@H]1C=C[C@@H]4O1)c1ccc(C(C)(C)C)cc21. The number of benzene rings is 4. The predicted molar refractivity (Wildman–Crippen MR) is 306 cm³/mol. The number of ether oxygens (including phenoxy) is 6. The molecule has 6 aliphatic rings. The number of nitrogens with zero attached hydrogens (tertiary/aromatic N) is 6. The van der Waals surface area contributed by atoms with Gasteiger partial charge in [0.1, 0.15) is 70.0 Å². The van der Waals surface area contributed by atoms with Crippen molar-refractivity contribution in [1.82, 2.24) is 39.9 Å². The minimum absolute atomic E-state index is 0.176. The third-order valence-corrected chi connectivity index (χ3v) is 16.0. The van der Waals surface area contributed by atoms with Gasteiger partial charge in [0.25, 0.3) is 0 Å². The Balaban J connectivity index is 1.21. The third kappa shape index (κ3) is 8.18. The van der Waals surface area contributed by atoms with E-state index in [2.05, 4.69) is 140 Å². The minimum Gasteiger partial charge on any atom is -0.492 e. The normalized spacial score (nSPS) is 18.3. The van der Waals surface area contributed by atoms with E-state index in [0.717, 1.165) is 129 Å². The van der Waals surface area contributed by atoms with Crippen molar-refractivity contribution in [3.8, 4) is 68.5 Å². The van der Waals surface area contributed by atoms with Crippen molar-refractivity contribution in [2.24, 2.45) is 0 Å². The quantitative estimate of drug-likeness (QED) is 0.0696. The molecule has 0 amide bonds. The number of H-pyrrole nitrogens is 2. The van der Waals surface area contributed by atoms with E-state index >= 15 is 0 Å². The van der Waals surface area contributed by atoms with Crippen molar-refractivity contribution in [3.05, 3.63) is 94.1 Å². The molecule has 14 nitrogen and oxygen atoms in total. The number of fused-ring (bicyclic) bond motifs is 30. The summed E-state index contributed by atoms with van der Waals surface area (Å²) in [6.07, 6.45) is 14.6. The molecular weight excluding hydrogens is 977 g/mol. The van der Waals surface area contributed by atoms with Crippen molar-refractivity contribution in [3.63, 3.8) is 0 Å². The van der Waals surface area contributed by atoms with Gasteiger partial charge >= 0.3 is 0 Å². The summed E-state index contributed by atoms with van der Waals surface area (Å²) in [4.78, 5) is 40.9. The van der Waals surface area contributed by atoms with Gasteiger partial charge in [0.2, 0.25) is 0 Å². The molecule has 402 valence electrons. The zero-order chi connectivity index (χ0) is 53.8. The Morgan fingerprint density at radius 1 is 0.397 bits per heavy atom. The summed E-state index contributed by atoms with van der Waals surface area (Å²) >= 11 is 0. The topological polar surface area (TPSA) is 164 Å². The third-order valence-electron chi connectivity index (χ3n) is 16.0. The van der Waals surface area contributed by atoms with Gasteiger partial charge in [-0.25, -0.2) is 29.9 Å². The van der Waals surface area contributed by atoms with Crippen LogP contribution in [0.5, 0.6) is 23.0 Å². The predicted octanol–water partition coefficient (Wildman–Crippen LogP) is 15.5. The lowest BCUT2D eigenvalue weighted by Gasteiger charge is -2.22. The summed E-state index contributed by atoms with van der Waals surface area (Å²) in [5.41, 5.74) is 11.0. The number of hydrogen-bond acceptors (Lipinski definition) is 12. The molecular formula is C64H70N8O6. The fourth-order valence-electron chi connectivity index (χ4n) is 11.7. The molecule has 7 aromatic rings. The Morgan fingerprint density at radius 3 is 0.949 bits per heavy atom. The maximum absolute atomic E-state index is 7.01. The monoisotopic (exact) mass is 1050 g/mol. The lowest BCUT2D eigenvalue weighted by Crippen LogP contribution is -2.10. The standard InChI is InChI=1S/C64H70N8O6/c1-11-15-27-73-51-43-39-23-24-40(77-39)44(43)52(74-28-16-12-2)48-47(51)59-67-55-35-21-19-33(63(5,6)7)31-37(35)57(65-55)69-61-49-50(54(76-30-18-14-4)46-42-26-25-41(78-42)45(46)53(49)75-29-17-13-3)62(72-61)70-58-38-32-34(64(8,9)10)20-22-36(38)56(66-58)68-60(48)71-59/h19-26,31-32,39-42H,11-18,27-30H2,1-10H3,(H2,65,66,67,68,69,70,71,72)/t39-,40+,41+,42-. The first kappa shape index (κ1) is 50.4. The zero-order valence-corrected chi connectivity index (χ0v) is 46.7. The van der Waals surface area contributed by atoms with Crippen molar-refractivity contribution in [2.75, 3.05) is 26.4 Å². The molecule has 14 heteroatoms. The summed E-state index contributed by atoms with van der Waals surface area (Å²) < 4.78 is 41.4. The molecule has 6 aliphatic heterocycles. The van der Waals surface area contributed by atoms with E-state index in [-0.39, 0.29) is 35.2 Å². The molecule has 0 fully saturated rings. The molecule has 4 atom stereocenters. The Morgan fingerprint density at radius 2 is 0.679 bits per heavy atom. The van der Waals surface area contributed by atoms with Gasteiger partial charge in [0.05, 0.1) is 48.7 Å². The van der Waals surface area contributed by atoms with Crippen LogP contribution in [0.4, 0.5) is 0 Å². The van der Waals surface area contributed by atoms with Crippen LogP contribution < -0.4 is 18.9 Å². The first-order valence-electron chi connectivity index (χ1n) is 28.6. The Bertz CT molecular complexity index is 3600. The first-order chi connectivity index (χ1) is 37.8. The van der Waals surface area contributed by atoms with Crippen LogP contribution in [-0.4, -0.2) is 66.3 Å². The highest BCUT2D eigenvalue weighted by atomic mass is 16.5. The van der Waals surface area contributed by atoms with Gasteiger partial charge in [-0.15, -0.1) is 0 Å². The number of aromatic amines is 2. The second kappa shape index (κ2) is 19.3. The van der Waals surface area contributed by atoms with Crippen LogP contribution in [0, 0.1) is 0 Å². The first-order valence-corrected chi connectivity index (χ1v) is 28.6. The van der Waals surface area contributed by atoms with Crippen LogP contribution in [0.2, 0.25) is 0 Å². The maximum atomic E-state index is 7.01. The van der Waals surface area contributed by atoms with E-state index in [1.54, 1.807) is 0 Å². The smallest absolute Gasteiger partial charge is 0.168 e. The molecule has 12 bridgehead atoms. The number of rotatable bonds is 16. The number of nitrogens with one attached hydrogen (secondary N) is 2. The summed E-state index contributed by atoms with van der Waals surface area (Å²) in [6, 6.07) is 13.1. The molecule has 3 aromatic heterocycles. The van der Waals surface area contributed by atoms with Crippen molar-refractivity contribution in [1.29, 1.82) is 0 Å². The van der Waals surface area contributed by atoms with Crippen LogP contribution in [0.3, 0.4) is 0 Å². The van der Waals surface area contributed by atoms with Crippen LogP contribution in [0.1, 0.15) is 178 Å².